The first-order valence-corrected chi connectivity index (χ1v) is 6.91. The molecule has 21 heavy (non-hydrogen) atoms. The number of para-hydroxylation sites is 1. The molecule has 0 aliphatic heterocycles. The Morgan fingerprint density at radius 2 is 2.00 bits per heavy atom. The molecule has 0 heterocycles. The number of carbonyl (C=O) groups excluding carboxylic acids is 1. The van der Waals surface area contributed by atoms with E-state index in [4.69, 9.17) is 14.6 Å². The average molecular weight is 292 g/mol. The minimum atomic E-state index is -1.04. The van der Waals surface area contributed by atoms with E-state index in [-0.39, 0.29) is 0 Å². The second kappa shape index (κ2) is 8.79. The van der Waals surface area contributed by atoms with E-state index >= 15 is 0 Å². The third kappa shape index (κ3) is 5.69. The maximum absolute atomic E-state index is 11.9. The van der Waals surface area contributed by atoms with Crippen molar-refractivity contribution in [2.45, 2.75) is 32.8 Å². The van der Waals surface area contributed by atoms with Gasteiger partial charge < -0.3 is 14.6 Å². The molecule has 0 fully saturated rings. The molecule has 1 unspecified atom stereocenters. The van der Waals surface area contributed by atoms with Crippen LogP contribution in [0.15, 0.2) is 30.3 Å². The molecule has 1 aromatic rings. The molecule has 0 saturated carbocycles. The fourth-order valence-electron chi connectivity index (χ4n) is 1.76. The molecule has 0 aliphatic carbocycles. The lowest BCUT2D eigenvalue weighted by Crippen LogP contribution is -2.29. The van der Waals surface area contributed by atoms with Crippen molar-refractivity contribution in [1.29, 1.82) is 0 Å². The van der Waals surface area contributed by atoms with E-state index in [1.165, 1.54) is 6.08 Å². The SMILES string of the molecule is CCCC(Oc1ccccc1/C=C/C(=O)O)C(=O)OCC. The van der Waals surface area contributed by atoms with Crippen molar-refractivity contribution in [2.24, 2.45) is 0 Å². The fourth-order valence-corrected chi connectivity index (χ4v) is 1.76. The lowest BCUT2D eigenvalue weighted by Gasteiger charge is -2.18. The van der Waals surface area contributed by atoms with Crippen LogP contribution in [-0.4, -0.2) is 29.8 Å². The molecule has 0 bridgehead atoms. The van der Waals surface area contributed by atoms with Crippen LogP contribution in [0.2, 0.25) is 0 Å². The maximum Gasteiger partial charge on any atom is 0.347 e. The Bertz CT molecular complexity index is 507. The van der Waals surface area contributed by atoms with Crippen molar-refractivity contribution in [2.75, 3.05) is 6.61 Å². The van der Waals surface area contributed by atoms with Crippen LogP contribution in [0.25, 0.3) is 6.08 Å². The zero-order valence-corrected chi connectivity index (χ0v) is 12.2. The first kappa shape index (κ1) is 16.8. The smallest absolute Gasteiger partial charge is 0.347 e. The number of carboxylic acids is 1. The van der Waals surface area contributed by atoms with Crippen LogP contribution in [0.3, 0.4) is 0 Å². The van der Waals surface area contributed by atoms with Gasteiger partial charge in [-0.3, -0.25) is 0 Å². The van der Waals surface area contributed by atoms with Gasteiger partial charge in [-0.05, 0) is 25.5 Å². The summed E-state index contributed by atoms with van der Waals surface area (Å²) in [4.78, 5) is 22.5. The Morgan fingerprint density at radius 3 is 2.62 bits per heavy atom. The molecule has 1 rings (SSSR count). The molecular weight excluding hydrogens is 272 g/mol. The number of carboxylic acid groups (broad SMARTS) is 1. The third-order valence-corrected chi connectivity index (χ3v) is 2.69. The van der Waals surface area contributed by atoms with Gasteiger partial charge in [0.05, 0.1) is 6.61 Å². The number of rotatable bonds is 8. The van der Waals surface area contributed by atoms with E-state index in [1.54, 1.807) is 31.2 Å². The number of hydrogen-bond acceptors (Lipinski definition) is 4. The summed E-state index contributed by atoms with van der Waals surface area (Å²) in [5.74, 6) is -0.988. The highest BCUT2D eigenvalue weighted by Crippen LogP contribution is 2.22. The largest absolute Gasteiger partial charge is 0.478 e. The van der Waals surface area contributed by atoms with Gasteiger partial charge >= 0.3 is 11.9 Å². The van der Waals surface area contributed by atoms with Crippen molar-refractivity contribution in [3.05, 3.63) is 35.9 Å². The number of carbonyl (C=O) groups is 2. The zero-order chi connectivity index (χ0) is 15.7. The van der Waals surface area contributed by atoms with Crippen LogP contribution < -0.4 is 4.74 Å². The number of ether oxygens (including phenoxy) is 2. The Kier molecular flexibility index (Phi) is 7.01. The van der Waals surface area contributed by atoms with Gasteiger partial charge in [-0.15, -0.1) is 0 Å². The van der Waals surface area contributed by atoms with Crippen LogP contribution in [0, 0.1) is 0 Å². The van der Waals surface area contributed by atoms with Gasteiger partial charge in [-0.2, -0.15) is 0 Å². The van der Waals surface area contributed by atoms with Gasteiger partial charge in [0.1, 0.15) is 5.75 Å². The summed E-state index contributed by atoms with van der Waals surface area (Å²) in [6.45, 7) is 3.99. The Morgan fingerprint density at radius 1 is 1.29 bits per heavy atom. The number of hydrogen-bond donors (Lipinski definition) is 1. The van der Waals surface area contributed by atoms with E-state index in [9.17, 15) is 9.59 Å². The van der Waals surface area contributed by atoms with E-state index < -0.39 is 18.0 Å². The lowest BCUT2D eigenvalue weighted by molar-refractivity contribution is -0.151. The predicted octanol–water partition coefficient (Wildman–Crippen LogP) is 2.90. The van der Waals surface area contributed by atoms with E-state index in [1.807, 2.05) is 6.92 Å². The molecule has 0 aliphatic rings. The van der Waals surface area contributed by atoms with E-state index in [2.05, 4.69) is 0 Å². The van der Waals surface area contributed by atoms with Gasteiger partial charge in [0.2, 0.25) is 0 Å². The molecule has 0 radical (unpaired) electrons. The molecule has 5 heteroatoms. The van der Waals surface area contributed by atoms with Crippen LogP contribution in [0.4, 0.5) is 0 Å². The molecule has 5 nitrogen and oxygen atoms in total. The highest BCUT2D eigenvalue weighted by molar-refractivity contribution is 5.86. The van der Waals surface area contributed by atoms with Crippen LogP contribution in [-0.2, 0) is 14.3 Å². The monoisotopic (exact) mass is 292 g/mol. The summed E-state index contributed by atoms with van der Waals surface area (Å²) in [6.07, 6.45) is 3.09. The number of aliphatic carboxylic acids is 1. The average Bonchev–Trinajstić information content (AvgIpc) is 2.46. The van der Waals surface area contributed by atoms with Crippen LogP contribution in [0.5, 0.6) is 5.75 Å². The van der Waals surface area contributed by atoms with Crippen LogP contribution >= 0.6 is 0 Å². The Labute approximate surface area is 124 Å². The Balaban J connectivity index is 2.92. The first-order chi connectivity index (χ1) is 10.1. The standard InChI is InChI=1S/C16H20O5/c1-3-7-14(16(19)20-4-2)21-13-9-6-5-8-12(13)10-11-15(17)18/h5-6,8-11,14H,3-4,7H2,1-2H3,(H,17,18)/b11-10+. The topological polar surface area (TPSA) is 72.8 Å². The molecule has 1 aromatic carbocycles. The molecule has 1 N–H and O–H groups in total. The van der Waals surface area contributed by atoms with Crippen molar-refractivity contribution in [3.8, 4) is 5.75 Å². The summed E-state index contributed by atoms with van der Waals surface area (Å²) >= 11 is 0. The van der Waals surface area contributed by atoms with Gasteiger partial charge in [-0.1, -0.05) is 31.5 Å². The van der Waals surface area contributed by atoms with E-state index in [0.717, 1.165) is 12.5 Å². The summed E-state index contributed by atoms with van der Waals surface area (Å²) in [5, 5.41) is 8.69. The quantitative estimate of drug-likeness (QED) is 0.589. The predicted molar refractivity (Wildman–Crippen MR) is 79.1 cm³/mol. The lowest BCUT2D eigenvalue weighted by atomic mass is 10.1. The summed E-state index contributed by atoms with van der Waals surface area (Å²) < 4.78 is 10.7. The highest BCUT2D eigenvalue weighted by atomic mass is 16.6. The highest BCUT2D eigenvalue weighted by Gasteiger charge is 2.21. The van der Waals surface area contributed by atoms with Gasteiger partial charge in [0.15, 0.2) is 6.10 Å². The van der Waals surface area contributed by atoms with E-state index in [0.29, 0.717) is 24.3 Å². The number of benzene rings is 1. The first-order valence-electron chi connectivity index (χ1n) is 6.91. The minimum Gasteiger partial charge on any atom is -0.478 e. The molecule has 0 aromatic heterocycles. The molecular formula is C16H20O5. The second-order valence-electron chi connectivity index (χ2n) is 4.36. The maximum atomic E-state index is 11.9. The summed E-state index contributed by atoms with van der Waals surface area (Å²) in [6, 6.07) is 6.96. The number of esters is 1. The van der Waals surface area contributed by atoms with Gasteiger partial charge in [-0.25, -0.2) is 9.59 Å². The van der Waals surface area contributed by atoms with Crippen molar-refractivity contribution >= 4 is 18.0 Å². The molecule has 114 valence electrons. The van der Waals surface area contributed by atoms with Crippen molar-refractivity contribution < 1.29 is 24.2 Å². The fraction of sp³-hybridized carbons (Fsp3) is 0.375. The van der Waals surface area contributed by atoms with Crippen LogP contribution in [0.1, 0.15) is 32.3 Å². The minimum absolute atomic E-state index is 0.295. The summed E-state index contributed by atoms with van der Waals surface area (Å²) in [7, 11) is 0. The molecule has 0 saturated heterocycles. The second-order valence-corrected chi connectivity index (χ2v) is 4.36. The molecule has 0 spiro atoms. The normalized spacial score (nSPS) is 12.1. The van der Waals surface area contributed by atoms with Gasteiger partial charge in [0.25, 0.3) is 0 Å². The Hall–Kier alpha value is -2.30. The van der Waals surface area contributed by atoms with Crippen molar-refractivity contribution in [1.82, 2.24) is 0 Å². The summed E-state index contributed by atoms with van der Waals surface area (Å²) in [5.41, 5.74) is 0.602. The van der Waals surface area contributed by atoms with Gasteiger partial charge in [0, 0.05) is 11.6 Å². The molecule has 0 amide bonds. The third-order valence-electron chi connectivity index (χ3n) is 2.69. The van der Waals surface area contributed by atoms with Crippen molar-refractivity contribution in [3.63, 3.8) is 0 Å². The zero-order valence-electron chi connectivity index (χ0n) is 12.2. The molecule has 1 atom stereocenters.